The Hall–Kier alpha value is -0.0800. The van der Waals surface area contributed by atoms with E-state index in [0.29, 0.717) is 0 Å². The summed E-state index contributed by atoms with van der Waals surface area (Å²) in [5, 5.41) is 11.7. The van der Waals surface area contributed by atoms with Gasteiger partial charge in [0.05, 0.1) is 18.2 Å². The molecule has 0 saturated carbocycles. The van der Waals surface area contributed by atoms with Crippen LogP contribution in [0.25, 0.3) is 0 Å². The molecule has 2 atom stereocenters. The van der Waals surface area contributed by atoms with Gasteiger partial charge in [-0.05, 0) is 0 Å². The van der Waals surface area contributed by atoms with Crippen LogP contribution in [-0.2, 0) is 0 Å². The lowest BCUT2D eigenvalue weighted by atomic mass is 10.0. The van der Waals surface area contributed by atoms with E-state index >= 15 is 0 Å². The molecule has 2 aliphatic rings. The summed E-state index contributed by atoms with van der Waals surface area (Å²) in [4.78, 5) is 0. The Bertz CT molecular complexity index is 103. The predicted molar refractivity (Wildman–Crippen MR) is 34.0 cm³/mol. The lowest BCUT2D eigenvalue weighted by molar-refractivity contribution is -0.712. The molecular weight excluding hydrogens is 114 g/mol. The van der Waals surface area contributed by atoms with Crippen molar-refractivity contribution in [2.45, 2.75) is 43.9 Å². The maximum Gasteiger partial charge on any atom is 0.0888 e. The normalized spacial score (nSPS) is 49.7. The molecule has 2 heterocycles. The molecular formula is C7H14NO+. The average Bonchev–Trinajstić information content (AvgIpc) is 2.11. The summed E-state index contributed by atoms with van der Waals surface area (Å²) in [7, 11) is 0. The highest BCUT2D eigenvalue weighted by Gasteiger charge is 2.36. The molecule has 2 aliphatic heterocycles. The van der Waals surface area contributed by atoms with Crippen molar-refractivity contribution in [3.8, 4) is 0 Å². The second-order valence-electron chi connectivity index (χ2n) is 3.42. The van der Waals surface area contributed by atoms with Crippen molar-refractivity contribution in [3.63, 3.8) is 0 Å². The number of aliphatic hydroxyl groups excluding tert-OH is 1. The largest absolute Gasteiger partial charge is 0.393 e. The van der Waals surface area contributed by atoms with Crippen LogP contribution >= 0.6 is 0 Å². The Balaban J connectivity index is 2.03. The highest BCUT2D eigenvalue weighted by molar-refractivity contribution is 4.79. The van der Waals surface area contributed by atoms with E-state index < -0.39 is 0 Å². The van der Waals surface area contributed by atoms with Gasteiger partial charge in [-0.15, -0.1) is 0 Å². The number of fused-ring (bicyclic) bond motifs is 2. The molecule has 0 amide bonds. The van der Waals surface area contributed by atoms with Gasteiger partial charge >= 0.3 is 0 Å². The molecule has 0 aromatic carbocycles. The molecule has 2 fully saturated rings. The van der Waals surface area contributed by atoms with E-state index in [9.17, 15) is 5.11 Å². The number of piperidine rings is 1. The van der Waals surface area contributed by atoms with E-state index in [-0.39, 0.29) is 6.10 Å². The molecule has 2 nitrogen and oxygen atoms in total. The second-order valence-corrected chi connectivity index (χ2v) is 3.42. The summed E-state index contributed by atoms with van der Waals surface area (Å²) in [6.45, 7) is 0. The Labute approximate surface area is 55.3 Å². The van der Waals surface area contributed by atoms with E-state index in [4.69, 9.17) is 0 Å². The molecule has 52 valence electrons. The lowest BCUT2D eigenvalue weighted by Gasteiger charge is -2.21. The summed E-state index contributed by atoms with van der Waals surface area (Å²) in [6.07, 6.45) is 4.77. The predicted octanol–water partition coefficient (Wildman–Crippen LogP) is -0.764. The minimum Gasteiger partial charge on any atom is -0.393 e. The third-order valence-corrected chi connectivity index (χ3v) is 2.60. The SMILES string of the molecule is OC1CC2CCC(C1)[NH2+]2. The third-order valence-electron chi connectivity index (χ3n) is 2.60. The Morgan fingerprint density at radius 3 is 2.22 bits per heavy atom. The van der Waals surface area contributed by atoms with Crippen molar-refractivity contribution < 1.29 is 10.4 Å². The lowest BCUT2D eigenvalue weighted by Crippen LogP contribution is -2.93. The fraction of sp³-hybridized carbons (Fsp3) is 1.00. The highest BCUT2D eigenvalue weighted by atomic mass is 16.3. The van der Waals surface area contributed by atoms with Crippen LogP contribution in [0, 0.1) is 0 Å². The van der Waals surface area contributed by atoms with Crippen molar-refractivity contribution in [2.75, 3.05) is 0 Å². The number of nitrogens with two attached hydrogens (primary N) is 1. The fourth-order valence-electron chi connectivity index (χ4n) is 2.19. The van der Waals surface area contributed by atoms with Crippen LogP contribution in [0.15, 0.2) is 0 Å². The third kappa shape index (κ3) is 0.970. The number of hydrogen-bond donors (Lipinski definition) is 2. The number of quaternary nitrogens is 1. The molecule has 2 heteroatoms. The summed E-state index contributed by atoms with van der Waals surface area (Å²) in [6, 6.07) is 1.53. The van der Waals surface area contributed by atoms with Crippen LogP contribution in [-0.4, -0.2) is 23.3 Å². The average molecular weight is 128 g/mol. The van der Waals surface area contributed by atoms with Gasteiger partial charge in [-0.2, -0.15) is 0 Å². The van der Waals surface area contributed by atoms with E-state index in [0.717, 1.165) is 24.9 Å². The van der Waals surface area contributed by atoms with Crippen LogP contribution in [0.1, 0.15) is 25.7 Å². The van der Waals surface area contributed by atoms with E-state index in [1.807, 2.05) is 0 Å². The molecule has 0 aliphatic carbocycles. The zero-order chi connectivity index (χ0) is 6.27. The zero-order valence-corrected chi connectivity index (χ0v) is 5.59. The van der Waals surface area contributed by atoms with Gasteiger partial charge in [0, 0.05) is 25.7 Å². The summed E-state index contributed by atoms with van der Waals surface area (Å²) in [5.74, 6) is 0. The standard InChI is InChI=1S/C7H13NO/c9-7-3-5-1-2-6(4-7)8-5/h5-9H,1-4H2/p+1. The van der Waals surface area contributed by atoms with Crippen molar-refractivity contribution in [1.82, 2.24) is 0 Å². The monoisotopic (exact) mass is 128 g/mol. The minimum atomic E-state index is 0.0208. The molecule has 2 rings (SSSR count). The first-order valence-corrected chi connectivity index (χ1v) is 3.87. The second kappa shape index (κ2) is 1.96. The van der Waals surface area contributed by atoms with Crippen molar-refractivity contribution in [3.05, 3.63) is 0 Å². The van der Waals surface area contributed by atoms with Gasteiger partial charge in [0.2, 0.25) is 0 Å². The molecule has 0 aromatic rings. The maximum absolute atomic E-state index is 9.27. The topological polar surface area (TPSA) is 36.8 Å². The molecule has 2 bridgehead atoms. The van der Waals surface area contributed by atoms with Crippen molar-refractivity contribution in [1.29, 1.82) is 0 Å². The van der Waals surface area contributed by atoms with Crippen molar-refractivity contribution >= 4 is 0 Å². The van der Waals surface area contributed by atoms with Crippen LogP contribution in [0.3, 0.4) is 0 Å². The summed E-state index contributed by atoms with van der Waals surface area (Å²) < 4.78 is 0. The smallest absolute Gasteiger partial charge is 0.0888 e. The summed E-state index contributed by atoms with van der Waals surface area (Å²) >= 11 is 0. The van der Waals surface area contributed by atoms with E-state index in [1.54, 1.807) is 0 Å². The Morgan fingerprint density at radius 1 is 1.11 bits per heavy atom. The maximum atomic E-state index is 9.27. The molecule has 0 radical (unpaired) electrons. The van der Waals surface area contributed by atoms with Crippen LogP contribution in [0.5, 0.6) is 0 Å². The highest BCUT2D eigenvalue weighted by Crippen LogP contribution is 2.20. The zero-order valence-electron chi connectivity index (χ0n) is 5.59. The van der Waals surface area contributed by atoms with Crippen LogP contribution < -0.4 is 5.32 Å². The van der Waals surface area contributed by atoms with Gasteiger partial charge in [-0.3, -0.25) is 0 Å². The molecule has 2 unspecified atom stereocenters. The number of hydrogen-bond acceptors (Lipinski definition) is 1. The van der Waals surface area contributed by atoms with E-state index in [2.05, 4.69) is 5.32 Å². The van der Waals surface area contributed by atoms with Gasteiger partial charge in [0.15, 0.2) is 0 Å². The first-order valence-electron chi connectivity index (χ1n) is 3.87. The number of aliphatic hydroxyl groups is 1. The van der Waals surface area contributed by atoms with Gasteiger partial charge in [-0.1, -0.05) is 0 Å². The molecule has 9 heavy (non-hydrogen) atoms. The van der Waals surface area contributed by atoms with Gasteiger partial charge < -0.3 is 10.4 Å². The Morgan fingerprint density at radius 2 is 1.67 bits per heavy atom. The Kier molecular flexibility index (Phi) is 1.24. The van der Waals surface area contributed by atoms with Gasteiger partial charge in [0.1, 0.15) is 0 Å². The van der Waals surface area contributed by atoms with Gasteiger partial charge in [0.25, 0.3) is 0 Å². The molecule has 0 spiro atoms. The van der Waals surface area contributed by atoms with E-state index in [1.165, 1.54) is 12.8 Å². The van der Waals surface area contributed by atoms with Crippen LogP contribution in [0.2, 0.25) is 0 Å². The van der Waals surface area contributed by atoms with Crippen LogP contribution in [0.4, 0.5) is 0 Å². The molecule has 3 N–H and O–H groups in total. The first kappa shape index (κ1) is 5.69. The quantitative estimate of drug-likeness (QED) is 0.442. The minimum absolute atomic E-state index is 0.0208. The molecule has 0 aromatic heterocycles. The fourth-order valence-corrected chi connectivity index (χ4v) is 2.19. The number of rotatable bonds is 0. The molecule has 2 saturated heterocycles. The first-order chi connectivity index (χ1) is 4.34. The summed E-state index contributed by atoms with van der Waals surface area (Å²) in [5.41, 5.74) is 0. The van der Waals surface area contributed by atoms with Gasteiger partial charge in [-0.25, -0.2) is 0 Å². The van der Waals surface area contributed by atoms with Crippen molar-refractivity contribution in [2.24, 2.45) is 0 Å².